The Bertz CT molecular complexity index is 1300. The molecule has 0 saturated carbocycles. The van der Waals surface area contributed by atoms with Crippen LogP contribution in [0.4, 0.5) is 11.4 Å². The predicted molar refractivity (Wildman–Crippen MR) is 126 cm³/mol. The fourth-order valence-electron chi connectivity index (χ4n) is 3.24. The number of anilines is 2. The standard InChI is InChI=1S/C24H17Cl2N3O2/c1-14(30)27-16-7-9-17(10-8-16)28-24(31)20-13-23(19-11-6-15(25)12-21(19)26)29-22-5-3-2-4-18(20)22/h2-13H,1H3,(H,27,30)(H,28,31). The number of hydrogen-bond donors (Lipinski definition) is 2. The Morgan fingerprint density at radius 2 is 1.52 bits per heavy atom. The van der Waals surface area contributed by atoms with Gasteiger partial charge >= 0.3 is 0 Å². The molecule has 0 atom stereocenters. The van der Waals surface area contributed by atoms with Gasteiger partial charge < -0.3 is 10.6 Å². The first-order chi connectivity index (χ1) is 14.9. The highest BCUT2D eigenvalue weighted by molar-refractivity contribution is 6.36. The number of carbonyl (C=O) groups is 2. The maximum Gasteiger partial charge on any atom is 0.256 e. The van der Waals surface area contributed by atoms with Crippen LogP contribution in [0.25, 0.3) is 22.2 Å². The monoisotopic (exact) mass is 449 g/mol. The molecule has 0 unspecified atom stereocenters. The van der Waals surface area contributed by atoms with E-state index in [4.69, 9.17) is 23.2 Å². The topological polar surface area (TPSA) is 71.1 Å². The summed E-state index contributed by atoms with van der Waals surface area (Å²) in [4.78, 5) is 29.0. The number of amides is 2. The van der Waals surface area contributed by atoms with Crippen LogP contribution in [0.3, 0.4) is 0 Å². The van der Waals surface area contributed by atoms with Gasteiger partial charge in [-0.15, -0.1) is 0 Å². The number of halogens is 2. The SMILES string of the molecule is CC(=O)Nc1ccc(NC(=O)c2cc(-c3ccc(Cl)cc3Cl)nc3ccccc23)cc1. The lowest BCUT2D eigenvalue weighted by Gasteiger charge is -2.12. The van der Waals surface area contributed by atoms with Gasteiger partial charge in [-0.1, -0.05) is 41.4 Å². The Morgan fingerprint density at radius 3 is 2.19 bits per heavy atom. The molecule has 1 heterocycles. The number of carbonyl (C=O) groups excluding carboxylic acids is 2. The molecule has 4 aromatic rings. The summed E-state index contributed by atoms with van der Waals surface area (Å²) in [6, 6.07) is 21.2. The third kappa shape index (κ3) is 4.68. The zero-order valence-corrected chi connectivity index (χ0v) is 18.0. The molecule has 1 aromatic heterocycles. The molecule has 31 heavy (non-hydrogen) atoms. The molecule has 0 bridgehead atoms. The molecule has 154 valence electrons. The second-order valence-corrected chi connectivity index (χ2v) is 7.75. The number of nitrogens with zero attached hydrogens (tertiary/aromatic N) is 1. The van der Waals surface area contributed by atoms with E-state index >= 15 is 0 Å². The van der Waals surface area contributed by atoms with E-state index in [2.05, 4.69) is 15.6 Å². The number of aromatic nitrogens is 1. The van der Waals surface area contributed by atoms with E-state index in [-0.39, 0.29) is 11.8 Å². The third-order valence-corrected chi connectivity index (χ3v) is 5.18. The minimum atomic E-state index is -0.280. The van der Waals surface area contributed by atoms with Crippen LogP contribution in [0, 0.1) is 0 Å². The number of para-hydroxylation sites is 1. The van der Waals surface area contributed by atoms with Crippen molar-refractivity contribution in [2.75, 3.05) is 10.6 Å². The van der Waals surface area contributed by atoms with Crippen molar-refractivity contribution in [3.05, 3.63) is 88.4 Å². The van der Waals surface area contributed by atoms with Crippen molar-refractivity contribution in [2.24, 2.45) is 0 Å². The highest BCUT2D eigenvalue weighted by Gasteiger charge is 2.16. The van der Waals surface area contributed by atoms with Gasteiger partial charge in [-0.3, -0.25) is 9.59 Å². The van der Waals surface area contributed by atoms with E-state index in [1.54, 1.807) is 48.5 Å². The first-order valence-electron chi connectivity index (χ1n) is 9.45. The van der Waals surface area contributed by atoms with Crippen molar-refractivity contribution in [2.45, 2.75) is 6.92 Å². The summed E-state index contributed by atoms with van der Waals surface area (Å²) in [5.41, 5.74) is 3.66. The molecule has 0 radical (unpaired) electrons. The number of rotatable bonds is 4. The van der Waals surface area contributed by atoms with Crippen molar-refractivity contribution in [1.29, 1.82) is 0 Å². The van der Waals surface area contributed by atoms with Crippen molar-refractivity contribution < 1.29 is 9.59 Å². The molecule has 0 aliphatic heterocycles. The molecule has 2 amide bonds. The Balaban J connectivity index is 1.72. The van der Waals surface area contributed by atoms with Crippen molar-refractivity contribution >= 4 is 57.3 Å². The number of nitrogens with one attached hydrogen (secondary N) is 2. The number of benzene rings is 3. The highest BCUT2D eigenvalue weighted by Crippen LogP contribution is 2.32. The van der Waals surface area contributed by atoms with Gasteiger partial charge in [0, 0.05) is 34.3 Å². The Hall–Kier alpha value is -3.41. The van der Waals surface area contributed by atoms with Crippen LogP contribution in [0.5, 0.6) is 0 Å². The van der Waals surface area contributed by atoms with Gasteiger partial charge in [0.15, 0.2) is 0 Å². The molecule has 0 aliphatic carbocycles. The van der Waals surface area contributed by atoms with Crippen LogP contribution < -0.4 is 10.6 Å². The summed E-state index contributed by atoms with van der Waals surface area (Å²) in [7, 11) is 0. The van der Waals surface area contributed by atoms with Gasteiger partial charge in [0.2, 0.25) is 5.91 Å². The molecule has 0 aliphatic rings. The average molecular weight is 450 g/mol. The van der Waals surface area contributed by atoms with Crippen molar-refractivity contribution in [1.82, 2.24) is 4.98 Å². The fraction of sp³-hybridized carbons (Fsp3) is 0.0417. The van der Waals surface area contributed by atoms with Gasteiger partial charge in [-0.2, -0.15) is 0 Å². The molecule has 7 heteroatoms. The van der Waals surface area contributed by atoms with Gasteiger partial charge in [0.25, 0.3) is 5.91 Å². The maximum absolute atomic E-state index is 13.2. The highest BCUT2D eigenvalue weighted by atomic mass is 35.5. The predicted octanol–water partition coefficient (Wildman–Crippen LogP) is 6.42. The quantitative estimate of drug-likeness (QED) is 0.377. The summed E-state index contributed by atoms with van der Waals surface area (Å²) in [6.45, 7) is 1.44. The summed E-state index contributed by atoms with van der Waals surface area (Å²) in [5.74, 6) is -0.439. The summed E-state index contributed by atoms with van der Waals surface area (Å²) in [6.07, 6.45) is 0. The average Bonchev–Trinajstić information content (AvgIpc) is 2.74. The van der Waals surface area contributed by atoms with Crippen molar-refractivity contribution in [3.63, 3.8) is 0 Å². The molecular weight excluding hydrogens is 433 g/mol. The van der Waals surface area contributed by atoms with Crippen molar-refractivity contribution in [3.8, 4) is 11.3 Å². The normalized spacial score (nSPS) is 10.7. The van der Waals surface area contributed by atoms with E-state index in [0.717, 1.165) is 5.39 Å². The Morgan fingerprint density at radius 1 is 0.839 bits per heavy atom. The minimum absolute atomic E-state index is 0.159. The van der Waals surface area contributed by atoms with E-state index < -0.39 is 0 Å². The van der Waals surface area contributed by atoms with E-state index in [1.165, 1.54) is 6.92 Å². The lowest BCUT2D eigenvalue weighted by Crippen LogP contribution is -2.13. The zero-order chi connectivity index (χ0) is 22.0. The van der Waals surface area contributed by atoms with E-state index in [0.29, 0.717) is 43.8 Å². The molecule has 0 fully saturated rings. The first-order valence-corrected chi connectivity index (χ1v) is 10.2. The molecule has 2 N–H and O–H groups in total. The van der Waals surface area contributed by atoms with E-state index in [9.17, 15) is 9.59 Å². The van der Waals surface area contributed by atoms with Gasteiger partial charge in [0.1, 0.15) is 0 Å². The van der Waals surface area contributed by atoms with Gasteiger partial charge in [-0.25, -0.2) is 4.98 Å². The molecular formula is C24H17Cl2N3O2. The lowest BCUT2D eigenvalue weighted by molar-refractivity contribution is -0.114. The van der Waals surface area contributed by atoms with Crippen LogP contribution in [-0.2, 0) is 4.79 Å². The maximum atomic E-state index is 13.2. The smallest absolute Gasteiger partial charge is 0.256 e. The summed E-state index contributed by atoms with van der Waals surface area (Å²) in [5, 5.41) is 7.30. The third-order valence-electron chi connectivity index (χ3n) is 4.63. The van der Waals surface area contributed by atoms with Gasteiger partial charge in [0.05, 0.1) is 21.8 Å². The van der Waals surface area contributed by atoms with E-state index in [1.807, 2.05) is 24.3 Å². The zero-order valence-electron chi connectivity index (χ0n) is 16.4. The lowest BCUT2D eigenvalue weighted by atomic mass is 10.0. The van der Waals surface area contributed by atoms with Crippen LogP contribution >= 0.6 is 23.2 Å². The molecule has 0 saturated heterocycles. The molecule has 3 aromatic carbocycles. The van der Waals surface area contributed by atoms with Crippen LogP contribution in [-0.4, -0.2) is 16.8 Å². The molecule has 4 rings (SSSR count). The second-order valence-electron chi connectivity index (χ2n) is 6.91. The van der Waals surface area contributed by atoms with Crippen LogP contribution in [0.1, 0.15) is 17.3 Å². The second kappa shape index (κ2) is 8.76. The first kappa shape index (κ1) is 20.8. The molecule has 5 nitrogen and oxygen atoms in total. The minimum Gasteiger partial charge on any atom is -0.326 e. The number of hydrogen-bond acceptors (Lipinski definition) is 3. The summed E-state index contributed by atoms with van der Waals surface area (Å²) >= 11 is 12.4. The Kier molecular flexibility index (Phi) is 5.89. The number of pyridine rings is 1. The molecule has 0 spiro atoms. The largest absolute Gasteiger partial charge is 0.326 e. The van der Waals surface area contributed by atoms with Gasteiger partial charge in [-0.05, 0) is 54.6 Å². The Labute approximate surface area is 189 Å². The van der Waals surface area contributed by atoms with Crippen LogP contribution in [0.15, 0.2) is 72.8 Å². The summed E-state index contributed by atoms with van der Waals surface area (Å²) < 4.78 is 0. The van der Waals surface area contributed by atoms with Crippen LogP contribution in [0.2, 0.25) is 10.0 Å². The fourth-order valence-corrected chi connectivity index (χ4v) is 3.74. The number of fused-ring (bicyclic) bond motifs is 1.